The molecule has 5 nitrogen and oxygen atoms in total. The molecule has 0 radical (unpaired) electrons. The van der Waals surface area contributed by atoms with Crippen LogP contribution in [0.25, 0.3) is 0 Å². The lowest BCUT2D eigenvalue weighted by atomic mass is 10.0. The topological polar surface area (TPSA) is 44.8 Å². The Morgan fingerprint density at radius 2 is 2.11 bits per heavy atom. The molecule has 0 saturated carbocycles. The molecule has 0 aromatic carbocycles. The number of carbonyl (C=O) groups is 1. The highest BCUT2D eigenvalue weighted by molar-refractivity contribution is 5.80. The average Bonchev–Trinajstić information content (AvgIpc) is 3.08. The van der Waals surface area contributed by atoms with Crippen molar-refractivity contribution < 1.29 is 9.53 Å². The van der Waals surface area contributed by atoms with Gasteiger partial charge in [-0.1, -0.05) is 13.8 Å². The second-order valence-electron chi connectivity index (χ2n) is 5.49. The fourth-order valence-corrected chi connectivity index (χ4v) is 3.30. The van der Waals surface area contributed by atoms with Crippen molar-refractivity contribution in [3.05, 3.63) is 0 Å². The average molecular weight is 269 g/mol. The van der Waals surface area contributed by atoms with E-state index in [0.29, 0.717) is 19.3 Å². The zero-order chi connectivity index (χ0) is 13.8. The molecule has 5 heteroatoms. The first-order valence-corrected chi connectivity index (χ1v) is 7.49. The molecule has 3 atom stereocenters. The molecule has 0 aliphatic carbocycles. The second kappa shape index (κ2) is 6.68. The Labute approximate surface area is 116 Å². The number of ether oxygens (including phenoxy) is 1. The highest BCUT2D eigenvalue weighted by atomic mass is 16.5. The van der Waals surface area contributed by atoms with E-state index in [0.717, 1.165) is 32.6 Å². The van der Waals surface area contributed by atoms with Crippen molar-refractivity contribution in [3.63, 3.8) is 0 Å². The summed E-state index contributed by atoms with van der Waals surface area (Å²) in [7, 11) is 1.91. The van der Waals surface area contributed by atoms with E-state index in [2.05, 4.69) is 24.1 Å². The summed E-state index contributed by atoms with van der Waals surface area (Å²) in [5, 5.41) is 3.19. The maximum Gasteiger partial charge on any atom is 0.229 e. The summed E-state index contributed by atoms with van der Waals surface area (Å²) in [5.41, 5.74) is 0. The third-order valence-electron chi connectivity index (χ3n) is 4.57. The van der Waals surface area contributed by atoms with Gasteiger partial charge >= 0.3 is 0 Å². The summed E-state index contributed by atoms with van der Waals surface area (Å²) in [5.74, 6) is 0.270. The van der Waals surface area contributed by atoms with Crippen LogP contribution >= 0.6 is 0 Å². The van der Waals surface area contributed by atoms with Crippen LogP contribution in [-0.4, -0.2) is 74.2 Å². The Hall–Kier alpha value is -0.650. The van der Waals surface area contributed by atoms with Gasteiger partial charge in [0.1, 0.15) is 0 Å². The Bertz CT molecular complexity index is 307. The van der Waals surface area contributed by atoms with Gasteiger partial charge in [0, 0.05) is 25.2 Å². The van der Waals surface area contributed by atoms with E-state index < -0.39 is 0 Å². The number of likely N-dealkylation sites (tertiary alicyclic amines) is 1. The first kappa shape index (κ1) is 14.8. The number of rotatable bonds is 5. The molecule has 2 saturated heterocycles. The molecule has 2 rings (SSSR count). The third-order valence-corrected chi connectivity index (χ3v) is 4.57. The van der Waals surface area contributed by atoms with Crippen molar-refractivity contribution in [2.45, 2.75) is 32.4 Å². The highest BCUT2D eigenvalue weighted by Crippen LogP contribution is 2.22. The van der Waals surface area contributed by atoms with Gasteiger partial charge in [-0.05, 0) is 26.6 Å². The van der Waals surface area contributed by atoms with Gasteiger partial charge in [-0.3, -0.25) is 9.69 Å². The number of likely N-dealkylation sites (N-methyl/N-ethyl adjacent to an activating group) is 2. The quantitative estimate of drug-likeness (QED) is 0.772. The summed E-state index contributed by atoms with van der Waals surface area (Å²) in [4.78, 5) is 17.0. The van der Waals surface area contributed by atoms with Gasteiger partial charge in [0.15, 0.2) is 0 Å². The summed E-state index contributed by atoms with van der Waals surface area (Å²) in [6.07, 6.45) is 1.10. The lowest BCUT2D eigenvalue weighted by Gasteiger charge is -2.27. The Morgan fingerprint density at radius 1 is 1.37 bits per heavy atom. The minimum atomic E-state index is 0.000420. The van der Waals surface area contributed by atoms with Crippen molar-refractivity contribution in [2.24, 2.45) is 5.92 Å². The molecule has 0 spiro atoms. The Balaban J connectivity index is 1.91. The van der Waals surface area contributed by atoms with E-state index in [1.54, 1.807) is 0 Å². The number of nitrogens with one attached hydrogen (secondary N) is 1. The minimum absolute atomic E-state index is 0.000420. The van der Waals surface area contributed by atoms with Crippen molar-refractivity contribution in [2.75, 3.05) is 46.4 Å². The van der Waals surface area contributed by atoms with Crippen LogP contribution in [0, 0.1) is 5.92 Å². The fraction of sp³-hybridized carbons (Fsp3) is 0.929. The maximum absolute atomic E-state index is 12.5. The zero-order valence-corrected chi connectivity index (χ0v) is 12.4. The van der Waals surface area contributed by atoms with E-state index in [1.165, 1.54) is 0 Å². The number of carbonyl (C=O) groups excluding carboxylic acids is 1. The SMILES string of the molecule is CCN(CC)C1CCN(C(=O)C2COCC2NC)C1. The molecular formula is C14H27N3O2. The molecule has 0 bridgehead atoms. The molecule has 110 valence electrons. The van der Waals surface area contributed by atoms with Crippen LogP contribution < -0.4 is 5.32 Å². The van der Waals surface area contributed by atoms with Crippen molar-refractivity contribution in [1.29, 1.82) is 0 Å². The van der Waals surface area contributed by atoms with Gasteiger partial charge in [-0.15, -0.1) is 0 Å². The summed E-state index contributed by atoms with van der Waals surface area (Å²) in [6.45, 7) is 9.51. The van der Waals surface area contributed by atoms with E-state index >= 15 is 0 Å². The van der Waals surface area contributed by atoms with Crippen LogP contribution in [0.4, 0.5) is 0 Å². The van der Waals surface area contributed by atoms with Crippen LogP contribution in [0.5, 0.6) is 0 Å². The summed E-state index contributed by atoms with van der Waals surface area (Å²) in [6, 6.07) is 0.717. The largest absolute Gasteiger partial charge is 0.379 e. The van der Waals surface area contributed by atoms with Crippen LogP contribution in [0.2, 0.25) is 0 Å². The van der Waals surface area contributed by atoms with E-state index in [-0.39, 0.29) is 17.9 Å². The van der Waals surface area contributed by atoms with Crippen LogP contribution in [-0.2, 0) is 9.53 Å². The summed E-state index contributed by atoms with van der Waals surface area (Å²) < 4.78 is 5.44. The molecule has 0 aromatic heterocycles. The lowest BCUT2D eigenvalue weighted by molar-refractivity contribution is -0.135. The predicted molar refractivity (Wildman–Crippen MR) is 75.1 cm³/mol. The van der Waals surface area contributed by atoms with Crippen molar-refractivity contribution in [1.82, 2.24) is 15.1 Å². The van der Waals surface area contributed by atoms with E-state index in [4.69, 9.17) is 4.74 Å². The van der Waals surface area contributed by atoms with Gasteiger partial charge in [-0.2, -0.15) is 0 Å². The smallest absolute Gasteiger partial charge is 0.229 e. The standard InChI is InChI=1S/C14H27N3O2/c1-4-16(5-2)11-6-7-17(8-11)14(18)12-9-19-10-13(12)15-3/h11-13,15H,4-10H2,1-3H3. The van der Waals surface area contributed by atoms with Crippen molar-refractivity contribution >= 4 is 5.91 Å². The van der Waals surface area contributed by atoms with Gasteiger partial charge < -0.3 is 15.0 Å². The third kappa shape index (κ3) is 3.09. The van der Waals surface area contributed by atoms with Crippen LogP contribution in [0.3, 0.4) is 0 Å². The molecular weight excluding hydrogens is 242 g/mol. The van der Waals surface area contributed by atoms with Crippen LogP contribution in [0.1, 0.15) is 20.3 Å². The monoisotopic (exact) mass is 269 g/mol. The predicted octanol–water partition coefficient (Wildman–Crippen LogP) is 0.164. The van der Waals surface area contributed by atoms with Crippen molar-refractivity contribution in [3.8, 4) is 0 Å². The van der Waals surface area contributed by atoms with E-state index in [1.807, 2.05) is 11.9 Å². The first-order valence-electron chi connectivity index (χ1n) is 7.49. The first-order chi connectivity index (χ1) is 9.21. The van der Waals surface area contributed by atoms with Crippen LogP contribution in [0.15, 0.2) is 0 Å². The second-order valence-corrected chi connectivity index (χ2v) is 5.49. The molecule has 1 amide bonds. The molecule has 2 aliphatic heterocycles. The normalized spacial score (nSPS) is 31.4. The molecule has 2 fully saturated rings. The Morgan fingerprint density at radius 3 is 2.74 bits per heavy atom. The lowest BCUT2D eigenvalue weighted by Crippen LogP contribution is -2.45. The highest BCUT2D eigenvalue weighted by Gasteiger charge is 2.38. The molecule has 3 unspecified atom stereocenters. The van der Waals surface area contributed by atoms with Gasteiger partial charge in [-0.25, -0.2) is 0 Å². The molecule has 1 N–H and O–H groups in total. The van der Waals surface area contributed by atoms with Gasteiger partial charge in [0.25, 0.3) is 0 Å². The number of amides is 1. The molecule has 2 aliphatic rings. The Kier molecular flexibility index (Phi) is 5.19. The van der Waals surface area contributed by atoms with Gasteiger partial charge in [0.05, 0.1) is 19.1 Å². The minimum Gasteiger partial charge on any atom is -0.379 e. The zero-order valence-electron chi connectivity index (χ0n) is 12.4. The number of hydrogen-bond donors (Lipinski definition) is 1. The maximum atomic E-state index is 12.5. The number of nitrogens with zero attached hydrogens (tertiary/aromatic N) is 2. The van der Waals surface area contributed by atoms with E-state index in [9.17, 15) is 4.79 Å². The molecule has 2 heterocycles. The fourth-order valence-electron chi connectivity index (χ4n) is 3.30. The number of hydrogen-bond acceptors (Lipinski definition) is 4. The van der Waals surface area contributed by atoms with Gasteiger partial charge in [0.2, 0.25) is 5.91 Å². The molecule has 19 heavy (non-hydrogen) atoms. The summed E-state index contributed by atoms with van der Waals surface area (Å²) >= 11 is 0. The molecule has 0 aromatic rings.